The summed E-state index contributed by atoms with van der Waals surface area (Å²) >= 11 is 0. The van der Waals surface area contributed by atoms with Gasteiger partial charge >= 0.3 is 0 Å². The molecule has 0 spiro atoms. The van der Waals surface area contributed by atoms with Crippen LogP contribution in [0, 0.1) is 6.92 Å². The number of carbonyl (C=O) groups is 2. The van der Waals surface area contributed by atoms with Gasteiger partial charge in [-0.25, -0.2) is 0 Å². The molecule has 0 aliphatic carbocycles. The summed E-state index contributed by atoms with van der Waals surface area (Å²) in [5.41, 5.74) is 3.12. The molecule has 2 aromatic carbocycles. The van der Waals surface area contributed by atoms with Crippen LogP contribution in [0.1, 0.15) is 24.0 Å². The van der Waals surface area contributed by atoms with Crippen molar-refractivity contribution in [2.75, 3.05) is 18.1 Å². The topological polar surface area (TPSA) is 58.6 Å². The van der Waals surface area contributed by atoms with E-state index in [0.29, 0.717) is 18.7 Å². The Morgan fingerprint density at radius 1 is 1.16 bits per heavy atom. The summed E-state index contributed by atoms with van der Waals surface area (Å²) in [6, 6.07) is 15.2. The molecule has 0 unspecified atom stereocenters. The van der Waals surface area contributed by atoms with Gasteiger partial charge in [-0.2, -0.15) is 0 Å². The van der Waals surface area contributed by atoms with E-state index in [0.717, 1.165) is 29.8 Å². The van der Waals surface area contributed by atoms with Crippen molar-refractivity contribution in [3.05, 3.63) is 59.7 Å². The predicted octanol–water partition coefficient (Wildman–Crippen LogP) is 2.82. The normalized spacial score (nSPS) is 13.8. The molecule has 25 heavy (non-hydrogen) atoms. The molecule has 0 aromatic heterocycles. The molecular formula is C20H22N2O3. The molecule has 1 heterocycles. The molecule has 0 atom stereocenters. The highest BCUT2D eigenvalue weighted by molar-refractivity contribution is 5.95. The molecule has 1 aliphatic heterocycles. The predicted molar refractivity (Wildman–Crippen MR) is 96.5 cm³/mol. The van der Waals surface area contributed by atoms with Gasteiger partial charge in [0, 0.05) is 25.2 Å². The van der Waals surface area contributed by atoms with E-state index < -0.39 is 0 Å². The Morgan fingerprint density at radius 3 is 2.60 bits per heavy atom. The third-order valence-electron chi connectivity index (χ3n) is 4.33. The van der Waals surface area contributed by atoms with E-state index in [2.05, 4.69) is 5.32 Å². The average Bonchev–Trinajstić information content (AvgIpc) is 3.06. The second-order valence-electron chi connectivity index (χ2n) is 6.13. The van der Waals surface area contributed by atoms with Crippen molar-refractivity contribution in [2.24, 2.45) is 0 Å². The first-order valence-corrected chi connectivity index (χ1v) is 8.48. The van der Waals surface area contributed by atoms with Crippen molar-refractivity contribution in [3.63, 3.8) is 0 Å². The lowest BCUT2D eigenvalue weighted by Crippen LogP contribution is -2.28. The maximum Gasteiger partial charge on any atom is 0.258 e. The van der Waals surface area contributed by atoms with Crippen molar-refractivity contribution >= 4 is 17.5 Å². The van der Waals surface area contributed by atoms with Crippen LogP contribution in [0.5, 0.6) is 5.75 Å². The second kappa shape index (κ2) is 7.83. The van der Waals surface area contributed by atoms with Crippen molar-refractivity contribution in [1.82, 2.24) is 5.32 Å². The van der Waals surface area contributed by atoms with E-state index in [1.54, 1.807) is 17.0 Å². The van der Waals surface area contributed by atoms with Crippen molar-refractivity contribution in [3.8, 4) is 5.75 Å². The Kier molecular flexibility index (Phi) is 5.33. The Morgan fingerprint density at radius 2 is 1.92 bits per heavy atom. The maximum absolute atomic E-state index is 11.9. The molecule has 1 saturated heterocycles. The third-order valence-corrected chi connectivity index (χ3v) is 4.33. The quantitative estimate of drug-likeness (QED) is 0.881. The van der Waals surface area contributed by atoms with Gasteiger partial charge in [-0.15, -0.1) is 0 Å². The first-order chi connectivity index (χ1) is 12.1. The fraction of sp³-hybridized carbons (Fsp3) is 0.300. The highest BCUT2D eigenvalue weighted by Gasteiger charge is 2.21. The number of hydrogen-bond acceptors (Lipinski definition) is 3. The first kappa shape index (κ1) is 17.0. The number of aryl methyl sites for hydroxylation is 1. The molecule has 5 nitrogen and oxygen atoms in total. The summed E-state index contributed by atoms with van der Waals surface area (Å²) in [7, 11) is 0. The number of amides is 2. The largest absolute Gasteiger partial charge is 0.484 e. The average molecular weight is 338 g/mol. The number of rotatable bonds is 6. The summed E-state index contributed by atoms with van der Waals surface area (Å²) < 4.78 is 5.52. The van der Waals surface area contributed by atoms with Crippen molar-refractivity contribution in [2.45, 2.75) is 26.3 Å². The minimum absolute atomic E-state index is 0.0339. The van der Waals surface area contributed by atoms with Gasteiger partial charge in [-0.05, 0) is 48.7 Å². The Bertz CT molecular complexity index is 756. The molecule has 2 amide bonds. The van der Waals surface area contributed by atoms with Gasteiger partial charge in [0.05, 0.1) is 0 Å². The van der Waals surface area contributed by atoms with Gasteiger partial charge in [-0.1, -0.05) is 24.3 Å². The minimum atomic E-state index is -0.165. The standard InChI is InChI=1S/C20H22N2O3/c1-15-5-2-3-6-16(15)13-21-19(23)14-25-18-10-8-17(9-11-18)22-12-4-7-20(22)24/h2-3,5-6,8-11H,4,7,12-14H2,1H3,(H,21,23). The van der Waals surface area contributed by atoms with Gasteiger partial charge in [-0.3, -0.25) is 9.59 Å². The summed E-state index contributed by atoms with van der Waals surface area (Å²) in [5, 5.41) is 2.86. The lowest BCUT2D eigenvalue weighted by Gasteiger charge is -2.16. The van der Waals surface area contributed by atoms with Gasteiger partial charge < -0.3 is 15.0 Å². The Balaban J connectivity index is 1.47. The van der Waals surface area contributed by atoms with Crippen molar-refractivity contribution in [1.29, 1.82) is 0 Å². The second-order valence-corrected chi connectivity index (χ2v) is 6.13. The van der Waals surface area contributed by atoms with E-state index in [-0.39, 0.29) is 18.4 Å². The number of nitrogens with one attached hydrogen (secondary N) is 1. The summed E-state index contributed by atoms with van der Waals surface area (Å²) in [6.07, 6.45) is 1.51. The molecule has 0 saturated carbocycles. The van der Waals surface area contributed by atoms with Crippen LogP contribution in [0.2, 0.25) is 0 Å². The number of nitrogens with zero attached hydrogens (tertiary/aromatic N) is 1. The minimum Gasteiger partial charge on any atom is -0.484 e. The highest BCUT2D eigenvalue weighted by atomic mass is 16.5. The fourth-order valence-corrected chi connectivity index (χ4v) is 2.85. The molecule has 1 fully saturated rings. The van der Waals surface area contributed by atoms with Gasteiger partial charge in [0.15, 0.2) is 6.61 Å². The maximum atomic E-state index is 11.9. The van der Waals surface area contributed by atoms with Crippen LogP contribution in [0.4, 0.5) is 5.69 Å². The van der Waals surface area contributed by atoms with E-state index in [1.165, 1.54) is 0 Å². The number of benzene rings is 2. The number of hydrogen-bond donors (Lipinski definition) is 1. The zero-order valence-corrected chi connectivity index (χ0v) is 14.3. The van der Waals surface area contributed by atoms with Gasteiger partial charge in [0.1, 0.15) is 5.75 Å². The van der Waals surface area contributed by atoms with Crippen LogP contribution in [0.3, 0.4) is 0 Å². The molecule has 1 aliphatic rings. The van der Waals surface area contributed by atoms with Crippen LogP contribution >= 0.6 is 0 Å². The SMILES string of the molecule is Cc1ccccc1CNC(=O)COc1ccc(N2CCCC2=O)cc1. The molecular weight excluding hydrogens is 316 g/mol. The lowest BCUT2D eigenvalue weighted by molar-refractivity contribution is -0.123. The smallest absolute Gasteiger partial charge is 0.258 e. The van der Waals surface area contributed by atoms with Crippen LogP contribution in [0.25, 0.3) is 0 Å². The van der Waals surface area contributed by atoms with Crippen molar-refractivity contribution < 1.29 is 14.3 Å². The third kappa shape index (κ3) is 4.38. The lowest BCUT2D eigenvalue weighted by atomic mass is 10.1. The molecule has 0 radical (unpaired) electrons. The Hall–Kier alpha value is -2.82. The molecule has 5 heteroatoms. The van der Waals surface area contributed by atoms with E-state index in [9.17, 15) is 9.59 Å². The summed E-state index contributed by atoms with van der Waals surface area (Å²) in [6.45, 7) is 3.24. The number of anilines is 1. The zero-order valence-electron chi connectivity index (χ0n) is 14.3. The highest BCUT2D eigenvalue weighted by Crippen LogP contribution is 2.23. The first-order valence-electron chi connectivity index (χ1n) is 8.48. The van der Waals surface area contributed by atoms with E-state index in [4.69, 9.17) is 4.74 Å². The summed E-state index contributed by atoms with van der Waals surface area (Å²) in [4.78, 5) is 25.4. The number of ether oxygens (including phenoxy) is 1. The van der Waals surface area contributed by atoms with Crippen LogP contribution < -0.4 is 15.0 Å². The van der Waals surface area contributed by atoms with Crippen LogP contribution in [-0.2, 0) is 16.1 Å². The van der Waals surface area contributed by atoms with E-state index in [1.807, 2.05) is 43.3 Å². The van der Waals surface area contributed by atoms with E-state index >= 15 is 0 Å². The number of carbonyl (C=O) groups excluding carboxylic acids is 2. The molecule has 2 aromatic rings. The molecule has 130 valence electrons. The monoisotopic (exact) mass is 338 g/mol. The fourth-order valence-electron chi connectivity index (χ4n) is 2.85. The van der Waals surface area contributed by atoms with Gasteiger partial charge in [0.25, 0.3) is 5.91 Å². The molecule has 0 bridgehead atoms. The van der Waals surface area contributed by atoms with Gasteiger partial charge in [0.2, 0.25) is 5.91 Å². The van der Waals surface area contributed by atoms with Crippen LogP contribution in [-0.4, -0.2) is 25.0 Å². The summed E-state index contributed by atoms with van der Waals surface area (Å²) in [5.74, 6) is 0.604. The Labute approximate surface area is 147 Å². The zero-order chi connectivity index (χ0) is 17.6. The molecule has 3 rings (SSSR count). The van der Waals surface area contributed by atoms with Crippen LogP contribution in [0.15, 0.2) is 48.5 Å². The molecule has 1 N–H and O–H groups in total.